The summed E-state index contributed by atoms with van der Waals surface area (Å²) in [6, 6.07) is 0.422. The second-order valence-electron chi connectivity index (χ2n) is 6.64. The van der Waals surface area contributed by atoms with Crippen LogP contribution >= 0.6 is 24.8 Å². The molecular formula is C16H31Cl2N3O2. The van der Waals surface area contributed by atoms with Crippen molar-refractivity contribution in [3.63, 3.8) is 0 Å². The SMILES string of the molecule is Cl.Cl.O=C(C1CCCNC1)N1CCCCC1CN1CCOCC1. The molecule has 1 amide bonds. The van der Waals surface area contributed by atoms with E-state index < -0.39 is 0 Å². The van der Waals surface area contributed by atoms with Gasteiger partial charge in [0.1, 0.15) is 0 Å². The second-order valence-corrected chi connectivity index (χ2v) is 6.64. The molecule has 0 saturated carbocycles. The fourth-order valence-corrected chi connectivity index (χ4v) is 3.86. The number of morpholine rings is 1. The summed E-state index contributed by atoms with van der Waals surface area (Å²) in [6.07, 6.45) is 5.81. The van der Waals surface area contributed by atoms with Crippen LogP contribution in [-0.2, 0) is 9.53 Å². The van der Waals surface area contributed by atoms with Crippen molar-refractivity contribution in [2.75, 3.05) is 52.5 Å². The molecular weight excluding hydrogens is 337 g/mol. The van der Waals surface area contributed by atoms with Gasteiger partial charge >= 0.3 is 0 Å². The van der Waals surface area contributed by atoms with Crippen LogP contribution in [0.25, 0.3) is 0 Å². The summed E-state index contributed by atoms with van der Waals surface area (Å²) in [5.41, 5.74) is 0. The van der Waals surface area contributed by atoms with Gasteiger partial charge in [-0.25, -0.2) is 0 Å². The van der Waals surface area contributed by atoms with Crippen molar-refractivity contribution in [2.45, 2.75) is 38.1 Å². The summed E-state index contributed by atoms with van der Waals surface area (Å²) < 4.78 is 5.43. The van der Waals surface area contributed by atoms with Gasteiger partial charge in [-0.1, -0.05) is 0 Å². The molecule has 3 saturated heterocycles. The molecule has 0 radical (unpaired) electrons. The zero-order chi connectivity index (χ0) is 14.5. The monoisotopic (exact) mass is 367 g/mol. The van der Waals surface area contributed by atoms with Crippen LogP contribution in [0.5, 0.6) is 0 Å². The number of hydrogen-bond donors (Lipinski definition) is 1. The second kappa shape index (κ2) is 10.7. The fraction of sp³-hybridized carbons (Fsp3) is 0.938. The molecule has 0 aromatic rings. The van der Waals surface area contributed by atoms with E-state index in [1.807, 2.05) is 0 Å². The lowest BCUT2D eigenvalue weighted by atomic mass is 9.94. The summed E-state index contributed by atoms with van der Waals surface area (Å²) >= 11 is 0. The zero-order valence-corrected chi connectivity index (χ0v) is 15.5. The number of halogens is 2. The molecule has 2 atom stereocenters. The van der Waals surface area contributed by atoms with Crippen molar-refractivity contribution < 1.29 is 9.53 Å². The van der Waals surface area contributed by atoms with Gasteiger partial charge in [0.2, 0.25) is 5.91 Å². The lowest BCUT2D eigenvalue weighted by Gasteiger charge is -2.41. The first-order chi connectivity index (χ1) is 10.3. The van der Waals surface area contributed by atoms with Gasteiger partial charge < -0.3 is 15.0 Å². The molecule has 3 heterocycles. The van der Waals surface area contributed by atoms with Crippen LogP contribution in [0, 0.1) is 5.92 Å². The van der Waals surface area contributed by atoms with Crippen molar-refractivity contribution in [3.8, 4) is 0 Å². The largest absolute Gasteiger partial charge is 0.379 e. The standard InChI is InChI=1S/C16H29N3O2.2ClH/c20-16(14-4-3-6-17-12-14)19-7-2-1-5-15(19)13-18-8-10-21-11-9-18;;/h14-15,17H,1-13H2;2*1H. The summed E-state index contributed by atoms with van der Waals surface area (Å²) in [4.78, 5) is 17.5. The van der Waals surface area contributed by atoms with E-state index in [1.54, 1.807) is 0 Å². The third kappa shape index (κ3) is 5.75. The third-order valence-corrected chi connectivity index (χ3v) is 5.13. The molecule has 1 N–H and O–H groups in total. The molecule has 5 nitrogen and oxygen atoms in total. The maximum atomic E-state index is 12.8. The summed E-state index contributed by atoms with van der Waals surface area (Å²) in [5.74, 6) is 0.615. The predicted molar refractivity (Wildman–Crippen MR) is 96.7 cm³/mol. The van der Waals surface area contributed by atoms with Gasteiger partial charge in [-0.2, -0.15) is 0 Å². The van der Waals surface area contributed by atoms with Gasteiger partial charge in [0.05, 0.1) is 19.1 Å². The van der Waals surface area contributed by atoms with Crippen LogP contribution in [0.2, 0.25) is 0 Å². The molecule has 0 aliphatic carbocycles. The Hall–Kier alpha value is -0.0700. The minimum absolute atomic E-state index is 0. The lowest BCUT2D eigenvalue weighted by molar-refractivity contribution is -0.140. The molecule has 7 heteroatoms. The quantitative estimate of drug-likeness (QED) is 0.821. The van der Waals surface area contributed by atoms with E-state index in [4.69, 9.17) is 4.74 Å². The molecule has 3 fully saturated rings. The Bertz CT molecular complexity index is 348. The highest BCUT2D eigenvalue weighted by molar-refractivity contribution is 5.85. The number of rotatable bonds is 3. The minimum Gasteiger partial charge on any atom is -0.379 e. The van der Waals surface area contributed by atoms with Crippen molar-refractivity contribution >= 4 is 30.7 Å². The van der Waals surface area contributed by atoms with Gasteiger partial charge in [-0.15, -0.1) is 24.8 Å². The number of likely N-dealkylation sites (tertiary alicyclic amines) is 1. The smallest absolute Gasteiger partial charge is 0.227 e. The number of nitrogens with zero attached hydrogens (tertiary/aromatic N) is 2. The average molecular weight is 368 g/mol. The van der Waals surface area contributed by atoms with Gasteiger partial charge in [-0.05, 0) is 38.6 Å². The van der Waals surface area contributed by atoms with E-state index in [9.17, 15) is 4.79 Å². The molecule has 3 rings (SSSR count). The van der Waals surface area contributed by atoms with E-state index in [-0.39, 0.29) is 30.7 Å². The van der Waals surface area contributed by atoms with E-state index in [1.165, 1.54) is 19.3 Å². The Morgan fingerprint density at radius 3 is 2.52 bits per heavy atom. The third-order valence-electron chi connectivity index (χ3n) is 5.13. The summed E-state index contributed by atoms with van der Waals surface area (Å²) in [5, 5.41) is 3.38. The van der Waals surface area contributed by atoms with E-state index >= 15 is 0 Å². The van der Waals surface area contributed by atoms with Crippen molar-refractivity contribution in [1.82, 2.24) is 15.1 Å². The Morgan fingerprint density at radius 2 is 1.83 bits per heavy atom. The molecule has 136 valence electrons. The molecule has 3 aliphatic rings. The topological polar surface area (TPSA) is 44.8 Å². The molecule has 0 aromatic heterocycles. The molecule has 3 aliphatic heterocycles. The number of amides is 1. The van der Waals surface area contributed by atoms with Gasteiger partial charge in [0.15, 0.2) is 0 Å². The van der Waals surface area contributed by atoms with Crippen LogP contribution in [0.3, 0.4) is 0 Å². The van der Waals surface area contributed by atoms with E-state index in [0.29, 0.717) is 11.9 Å². The van der Waals surface area contributed by atoms with E-state index in [0.717, 1.165) is 65.3 Å². The molecule has 0 bridgehead atoms. The number of piperidine rings is 2. The molecule has 0 spiro atoms. The van der Waals surface area contributed by atoms with Gasteiger partial charge in [-0.3, -0.25) is 9.69 Å². The maximum absolute atomic E-state index is 12.8. The van der Waals surface area contributed by atoms with Crippen LogP contribution in [0.4, 0.5) is 0 Å². The first-order valence-electron chi connectivity index (χ1n) is 8.66. The van der Waals surface area contributed by atoms with E-state index in [2.05, 4.69) is 15.1 Å². The Labute approximate surface area is 152 Å². The highest BCUT2D eigenvalue weighted by atomic mass is 35.5. The number of carbonyl (C=O) groups is 1. The molecule has 2 unspecified atom stereocenters. The molecule has 23 heavy (non-hydrogen) atoms. The van der Waals surface area contributed by atoms with Crippen molar-refractivity contribution in [1.29, 1.82) is 0 Å². The fourth-order valence-electron chi connectivity index (χ4n) is 3.86. The Morgan fingerprint density at radius 1 is 1.04 bits per heavy atom. The first kappa shape index (κ1) is 21.0. The van der Waals surface area contributed by atoms with Crippen LogP contribution in [0.1, 0.15) is 32.1 Å². The normalized spacial score (nSPS) is 29.3. The number of ether oxygens (including phenoxy) is 1. The van der Waals surface area contributed by atoms with Gasteiger partial charge in [0, 0.05) is 38.8 Å². The average Bonchev–Trinajstić information content (AvgIpc) is 2.56. The number of hydrogen-bond acceptors (Lipinski definition) is 4. The van der Waals surface area contributed by atoms with Gasteiger partial charge in [0.25, 0.3) is 0 Å². The Kier molecular flexibility index (Phi) is 9.78. The predicted octanol–water partition coefficient (Wildman–Crippen LogP) is 1.54. The van der Waals surface area contributed by atoms with Crippen LogP contribution in [-0.4, -0.2) is 74.2 Å². The Balaban J connectivity index is 0.00000132. The zero-order valence-electron chi connectivity index (χ0n) is 13.9. The highest BCUT2D eigenvalue weighted by Crippen LogP contribution is 2.23. The highest BCUT2D eigenvalue weighted by Gasteiger charge is 2.33. The summed E-state index contributed by atoms with van der Waals surface area (Å²) in [6.45, 7) is 7.66. The first-order valence-corrected chi connectivity index (χ1v) is 8.66. The van der Waals surface area contributed by atoms with Crippen LogP contribution < -0.4 is 5.32 Å². The van der Waals surface area contributed by atoms with Crippen molar-refractivity contribution in [3.05, 3.63) is 0 Å². The maximum Gasteiger partial charge on any atom is 0.227 e. The number of nitrogens with one attached hydrogen (secondary N) is 1. The lowest BCUT2D eigenvalue weighted by Crippen LogP contribution is -2.54. The molecule has 0 aromatic carbocycles. The summed E-state index contributed by atoms with van der Waals surface area (Å²) in [7, 11) is 0. The van der Waals surface area contributed by atoms with Crippen molar-refractivity contribution in [2.24, 2.45) is 5.92 Å². The van der Waals surface area contributed by atoms with Crippen LogP contribution in [0.15, 0.2) is 0 Å². The number of carbonyl (C=O) groups excluding carboxylic acids is 1. The minimum atomic E-state index is 0.